The molecule has 1 atom stereocenters. The summed E-state index contributed by atoms with van der Waals surface area (Å²) in [5, 5.41) is 5.85. The maximum atomic E-state index is 13.4. The van der Waals surface area contributed by atoms with Crippen molar-refractivity contribution in [1.82, 2.24) is 15.1 Å². The lowest BCUT2D eigenvalue weighted by molar-refractivity contribution is -0.119. The molecule has 198 valence electrons. The highest BCUT2D eigenvalue weighted by atomic mass is 16.2. The van der Waals surface area contributed by atoms with Crippen LogP contribution in [0.15, 0.2) is 83.9 Å². The summed E-state index contributed by atoms with van der Waals surface area (Å²) in [4.78, 5) is 49.4. The van der Waals surface area contributed by atoms with Crippen molar-refractivity contribution in [1.29, 1.82) is 0 Å². The minimum absolute atomic E-state index is 0.0326. The molecule has 9 heteroatoms. The number of hydrogen-bond donors (Lipinski definition) is 2. The van der Waals surface area contributed by atoms with E-state index >= 15 is 0 Å². The standard InChI is InChI=1S/C30H30N6O3/c1-34-25-14-8-6-12-23(25)26(20-9-3-2-4-10-20)32-27(28(34)37)33-29(38)35-17-15-22(16-18-35)36-19-21-11-5-7-13-24(21)31-30(36)39/h2-14,22,27H,15-19H2,1H3,(H,31,39)(H,33,38)/t27-/m0/s1. The van der Waals surface area contributed by atoms with E-state index in [4.69, 9.17) is 4.99 Å². The van der Waals surface area contributed by atoms with Crippen molar-refractivity contribution < 1.29 is 14.4 Å². The second-order valence-electron chi connectivity index (χ2n) is 10.0. The average molecular weight is 523 g/mol. The van der Waals surface area contributed by atoms with Gasteiger partial charge < -0.3 is 25.3 Å². The molecule has 0 bridgehead atoms. The van der Waals surface area contributed by atoms with E-state index in [0.29, 0.717) is 38.2 Å². The molecule has 3 aliphatic heterocycles. The fraction of sp³-hybridized carbons (Fsp3) is 0.267. The van der Waals surface area contributed by atoms with Crippen molar-refractivity contribution in [2.24, 2.45) is 4.99 Å². The van der Waals surface area contributed by atoms with Gasteiger partial charge in [0.2, 0.25) is 6.17 Å². The molecule has 3 aromatic rings. The molecule has 39 heavy (non-hydrogen) atoms. The minimum Gasteiger partial charge on any atom is -0.325 e. The monoisotopic (exact) mass is 522 g/mol. The van der Waals surface area contributed by atoms with Crippen LogP contribution in [-0.2, 0) is 11.3 Å². The number of piperidine rings is 1. The molecule has 0 spiro atoms. The third-order valence-electron chi connectivity index (χ3n) is 7.70. The number of urea groups is 2. The third-order valence-corrected chi connectivity index (χ3v) is 7.70. The van der Waals surface area contributed by atoms with E-state index in [2.05, 4.69) is 10.6 Å². The lowest BCUT2D eigenvalue weighted by Crippen LogP contribution is -2.55. The quantitative estimate of drug-likeness (QED) is 0.543. The van der Waals surface area contributed by atoms with E-state index in [0.717, 1.165) is 28.1 Å². The summed E-state index contributed by atoms with van der Waals surface area (Å²) in [6.45, 7) is 1.52. The van der Waals surface area contributed by atoms with Crippen LogP contribution in [0.3, 0.4) is 0 Å². The first-order chi connectivity index (χ1) is 19.0. The molecule has 1 saturated heterocycles. The Morgan fingerprint density at radius 1 is 0.923 bits per heavy atom. The highest BCUT2D eigenvalue weighted by Crippen LogP contribution is 2.29. The molecular formula is C30H30N6O3. The van der Waals surface area contributed by atoms with E-state index in [9.17, 15) is 14.4 Å². The SMILES string of the molecule is CN1C(=O)[C@H](NC(=O)N2CCC(N3Cc4ccccc4NC3=O)CC2)N=C(c2ccccc2)c2ccccc21. The number of fused-ring (bicyclic) bond motifs is 2. The molecule has 2 N–H and O–H groups in total. The number of rotatable bonds is 3. The Hall–Kier alpha value is -4.66. The van der Waals surface area contributed by atoms with Gasteiger partial charge in [0.1, 0.15) is 0 Å². The molecule has 3 aromatic carbocycles. The summed E-state index contributed by atoms with van der Waals surface area (Å²) >= 11 is 0. The van der Waals surface area contributed by atoms with Crippen molar-refractivity contribution in [2.75, 3.05) is 30.4 Å². The minimum atomic E-state index is -1.06. The molecule has 9 nitrogen and oxygen atoms in total. The summed E-state index contributed by atoms with van der Waals surface area (Å²) in [7, 11) is 1.71. The van der Waals surface area contributed by atoms with Crippen molar-refractivity contribution in [3.63, 3.8) is 0 Å². The fourth-order valence-electron chi connectivity index (χ4n) is 5.55. The summed E-state index contributed by atoms with van der Waals surface area (Å²) in [5.74, 6) is -0.305. The maximum Gasteiger partial charge on any atom is 0.322 e. The van der Waals surface area contributed by atoms with Gasteiger partial charge in [-0.2, -0.15) is 0 Å². The lowest BCUT2D eigenvalue weighted by Gasteiger charge is -2.40. The predicted octanol–water partition coefficient (Wildman–Crippen LogP) is 4.05. The van der Waals surface area contributed by atoms with Gasteiger partial charge in [0.05, 0.1) is 11.4 Å². The van der Waals surface area contributed by atoms with Gasteiger partial charge in [-0.05, 0) is 30.5 Å². The van der Waals surface area contributed by atoms with Crippen LogP contribution in [0.1, 0.15) is 29.5 Å². The predicted molar refractivity (Wildman–Crippen MR) is 150 cm³/mol. The molecule has 0 unspecified atom stereocenters. The highest BCUT2D eigenvalue weighted by molar-refractivity contribution is 6.20. The first kappa shape index (κ1) is 24.7. The van der Waals surface area contributed by atoms with Crippen LogP contribution in [0.4, 0.5) is 21.0 Å². The number of aliphatic imine (C=N–C) groups is 1. The van der Waals surface area contributed by atoms with Crippen molar-refractivity contribution in [2.45, 2.75) is 31.6 Å². The maximum absolute atomic E-state index is 13.4. The van der Waals surface area contributed by atoms with Crippen LogP contribution in [-0.4, -0.2) is 65.8 Å². The number of benzene rings is 3. The number of para-hydroxylation sites is 2. The van der Waals surface area contributed by atoms with Gasteiger partial charge in [-0.1, -0.05) is 66.7 Å². The molecule has 5 amide bonds. The molecule has 1 fully saturated rings. The van der Waals surface area contributed by atoms with Crippen LogP contribution in [0.5, 0.6) is 0 Å². The summed E-state index contributed by atoms with van der Waals surface area (Å²) in [6, 6.07) is 24.7. The number of anilines is 2. The van der Waals surface area contributed by atoms with Crippen LogP contribution in [0.2, 0.25) is 0 Å². The second kappa shape index (κ2) is 10.2. The van der Waals surface area contributed by atoms with Crippen LogP contribution in [0, 0.1) is 0 Å². The van der Waals surface area contributed by atoms with Crippen molar-refractivity contribution >= 4 is 35.1 Å². The topological polar surface area (TPSA) is 97.4 Å². The van der Waals surface area contributed by atoms with Gasteiger partial charge in [-0.3, -0.25) is 4.79 Å². The Kier molecular flexibility index (Phi) is 6.48. The zero-order valence-corrected chi connectivity index (χ0v) is 21.7. The van der Waals surface area contributed by atoms with E-state index in [-0.39, 0.29) is 24.0 Å². The Morgan fingerprint density at radius 3 is 2.41 bits per heavy atom. The number of carbonyl (C=O) groups is 3. The number of likely N-dealkylation sites (N-methyl/N-ethyl adjacent to an activating group) is 1. The normalized spacial score (nSPS) is 19.5. The largest absolute Gasteiger partial charge is 0.325 e. The molecule has 0 radical (unpaired) electrons. The number of nitrogens with zero attached hydrogens (tertiary/aromatic N) is 4. The smallest absolute Gasteiger partial charge is 0.322 e. The van der Waals surface area contributed by atoms with E-state index in [1.807, 2.05) is 83.8 Å². The van der Waals surface area contributed by atoms with Crippen LogP contribution >= 0.6 is 0 Å². The Labute approximate surface area is 227 Å². The summed E-state index contributed by atoms with van der Waals surface area (Å²) in [5.41, 5.74) is 5.04. The number of nitrogens with one attached hydrogen (secondary N) is 2. The molecular weight excluding hydrogens is 492 g/mol. The highest BCUT2D eigenvalue weighted by Gasteiger charge is 2.35. The Bertz CT molecular complexity index is 1450. The lowest BCUT2D eigenvalue weighted by atomic mass is 10.0. The molecule has 0 saturated carbocycles. The Balaban J connectivity index is 1.17. The Morgan fingerprint density at radius 2 is 1.62 bits per heavy atom. The molecule has 3 heterocycles. The second-order valence-corrected chi connectivity index (χ2v) is 10.0. The molecule has 6 rings (SSSR count). The van der Waals surface area contributed by atoms with E-state index in [1.165, 1.54) is 0 Å². The summed E-state index contributed by atoms with van der Waals surface area (Å²) < 4.78 is 0. The van der Waals surface area contributed by atoms with E-state index in [1.54, 1.807) is 16.8 Å². The number of benzodiazepines with no additional fused rings is 1. The van der Waals surface area contributed by atoms with E-state index < -0.39 is 6.17 Å². The van der Waals surface area contributed by atoms with Gasteiger partial charge in [-0.15, -0.1) is 0 Å². The van der Waals surface area contributed by atoms with Gasteiger partial charge in [0.15, 0.2) is 0 Å². The molecule has 0 aromatic heterocycles. The van der Waals surface area contributed by atoms with Gasteiger partial charge >= 0.3 is 12.1 Å². The number of amides is 5. The first-order valence-corrected chi connectivity index (χ1v) is 13.2. The van der Waals surface area contributed by atoms with Crippen molar-refractivity contribution in [3.8, 4) is 0 Å². The van der Waals surface area contributed by atoms with Crippen molar-refractivity contribution in [3.05, 3.63) is 95.6 Å². The van der Waals surface area contributed by atoms with Gasteiger partial charge in [0, 0.05) is 49.5 Å². The fourth-order valence-corrected chi connectivity index (χ4v) is 5.55. The summed E-state index contributed by atoms with van der Waals surface area (Å²) in [6.07, 6.45) is 0.254. The van der Waals surface area contributed by atoms with Gasteiger partial charge in [-0.25, -0.2) is 14.6 Å². The number of hydrogen-bond acceptors (Lipinski definition) is 4. The first-order valence-electron chi connectivity index (χ1n) is 13.2. The third kappa shape index (κ3) is 4.71. The molecule has 0 aliphatic carbocycles. The zero-order valence-electron chi connectivity index (χ0n) is 21.7. The van der Waals surface area contributed by atoms with Crippen LogP contribution < -0.4 is 15.5 Å². The zero-order chi connectivity index (χ0) is 26.9. The number of likely N-dealkylation sites (tertiary alicyclic amines) is 1. The van der Waals surface area contributed by atoms with Crippen LogP contribution in [0.25, 0.3) is 0 Å². The number of carbonyl (C=O) groups excluding carboxylic acids is 3. The van der Waals surface area contributed by atoms with Gasteiger partial charge in [0.25, 0.3) is 5.91 Å². The average Bonchev–Trinajstić information content (AvgIpc) is 3.08. The molecule has 3 aliphatic rings.